The van der Waals surface area contributed by atoms with Gasteiger partial charge in [-0.05, 0) is 47.7 Å². The zero-order valence-corrected chi connectivity index (χ0v) is 16.3. The third-order valence-electron chi connectivity index (χ3n) is 3.63. The molecule has 1 amide bonds. The molecule has 1 aliphatic rings. The molecule has 4 nitrogen and oxygen atoms in total. The van der Waals surface area contributed by atoms with Crippen molar-refractivity contribution in [1.29, 1.82) is 0 Å². The predicted octanol–water partition coefficient (Wildman–Crippen LogP) is 5.24. The van der Waals surface area contributed by atoms with Gasteiger partial charge in [0.25, 0.3) is 5.91 Å². The van der Waals surface area contributed by atoms with Crippen molar-refractivity contribution in [3.8, 4) is 0 Å². The Kier molecular flexibility index (Phi) is 6.38. The summed E-state index contributed by atoms with van der Waals surface area (Å²) in [5.41, 5.74) is 1.60. The Labute approximate surface area is 166 Å². The number of hydrogen-bond acceptors (Lipinski definition) is 4. The Balaban J connectivity index is 1.93. The highest BCUT2D eigenvalue weighted by Gasteiger charge is 2.33. The van der Waals surface area contributed by atoms with E-state index in [9.17, 15) is 4.79 Å². The van der Waals surface area contributed by atoms with Crippen LogP contribution in [0.4, 0.5) is 5.69 Å². The van der Waals surface area contributed by atoms with Crippen molar-refractivity contribution in [2.75, 3.05) is 20.3 Å². The summed E-state index contributed by atoms with van der Waals surface area (Å²) in [7, 11) is 1.61. The highest BCUT2D eigenvalue weighted by Crippen LogP contribution is 2.34. The number of carbonyl (C=O) groups excluding carboxylic acids is 1. The van der Waals surface area contributed by atoms with Crippen LogP contribution in [0.1, 0.15) is 5.56 Å². The van der Waals surface area contributed by atoms with Crippen molar-refractivity contribution in [3.05, 3.63) is 69.0 Å². The highest BCUT2D eigenvalue weighted by atomic mass is 35.5. The van der Waals surface area contributed by atoms with Gasteiger partial charge in [-0.25, -0.2) is 4.99 Å². The molecule has 134 valence electrons. The molecule has 2 aromatic carbocycles. The summed E-state index contributed by atoms with van der Waals surface area (Å²) in [5, 5.41) is 1.56. The van der Waals surface area contributed by atoms with E-state index in [1.165, 1.54) is 11.8 Å². The molecule has 1 fully saturated rings. The third kappa shape index (κ3) is 4.48. The number of rotatable bonds is 5. The molecule has 26 heavy (non-hydrogen) atoms. The Morgan fingerprint density at radius 1 is 1.15 bits per heavy atom. The van der Waals surface area contributed by atoms with Crippen molar-refractivity contribution in [2.45, 2.75) is 0 Å². The molecule has 0 radical (unpaired) electrons. The average Bonchev–Trinajstić information content (AvgIpc) is 2.92. The second kappa shape index (κ2) is 8.73. The molecule has 1 aliphatic heterocycles. The van der Waals surface area contributed by atoms with E-state index >= 15 is 0 Å². The van der Waals surface area contributed by atoms with E-state index in [0.717, 1.165) is 11.3 Å². The van der Waals surface area contributed by atoms with Gasteiger partial charge in [-0.15, -0.1) is 0 Å². The van der Waals surface area contributed by atoms with E-state index < -0.39 is 0 Å². The summed E-state index contributed by atoms with van der Waals surface area (Å²) < 4.78 is 5.12. The van der Waals surface area contributed by atoms with Crippen molar-refractivity contribution in [2.24, 2.45) is 4.99 Å². The number of aliphatic imine (C=N–C) groups is 1. The molecule has 3 rings (SSSR count). The molecular weight excluding hydrogens is 391 g/mol. The summed E-state index contributed by atoms with van der Waals surface area (Å²) in [6, 6.07) is 14.8. The van der Waals surface area contributed by atoms with Crippen LogP contribution in [0.25, 0.3) is 6.08 Å². The molecule has 0 bridgehead atoms. The van der Waals surface area contributed by atoms with Crippen molar-refractivity contribution < 1.29 is 9.53 Å². The van der Waals surface area contributed by atoms with E-state index in [1.54, 1.807) is 30.2 Å². The van der Waals surface area contributed by atoms with Crippen LogP contribution in [0, 0.1) is 0 Å². The zero-order valence-electron chi connectivity index (χ0n) is 14.0. The van der Waals surface area contributed by atoms with Gasteiger partial charge in [0.15, 0.2) is 5.17 Å². The van der Waals surface area contributed by atoms with Crippen LogP contribution in [0.15, 0.2) is 58.4 Å². The first-order valence-electron chi connectivity index (χ1n) is 7.87. The molecule has 0 aromatic heterocycles. The van der Waals surface area contributed by atoms with Gasteiger partial charge in [-0.3, -0.25) is 9.69 Å². The lowest BCUT2D eigenvalue weighted by Crippen LogP contribution is -2.32. The molecule has 2 aromatic rings. The van der Waals surface area contributed by atoms with E-state index in [4.69, 9.17) is 27.9 Å². The van der Waals surface area contributed by atoms with Gasteiger partial charge in [-0.2, -0.15) is 0 Å². The number of hydrogen-bond donors (Lipinski definition) is 0. The maximum absolute atomic E-state index is 12.8. The first-order chi connectivity index (χ1) is 12.6. The monoisotopic (exact) mass is 406 g/mol. The van der Waals surface area contributed by atoms with Crippen LogP contribution in [-0.2, 0) is 9.53 Å². The number of nitrogens with zero attached hydrogens (tertiary/aromatic N) is 2. The van der Waals surface area contributed by atoms with Crippen LogP contribution in [-0.4, -0.2) is 36.2 Å². The fourth-order valence-electron chi connectivity index (χ4n) is 2.34. The number of benzene rings is 2. The fourth-order valence-corrected chi connectivity index (χ4v) is 3.67. The van der Waals surface area contributed by atoms with E-state index in [0.29, 0.717) is 33.3 Å². The van der Waals surface area contributed by atoms with Gasteiger partial charge in [0.2, 0.25) is 0 Å². The second-order valence-electron chi connectivity index (χ2n) is 5.46. The van der Waals surface area contributed by atoms with E-state index in [2.05, 4.69) is 4.99 Å². The first kappa shape index (κ1) is 19.0. The number of methoxy groups -OCH3 is 1. The lowest BCUT2D eigenvalue weighted by molar-refractivity contribution is -0.122. The SMILES string of the molecule is COCCN1C(=O)/C(=C\c2ccc(Cl)c(Cl)c2)SC1=Nc1ccccc1. The Morgan fingerprint density at radius 2 is 1.92 bits per heavy atom. The van der Waals surface area contributed by atoms with Crippen LogP contribution in [0.5, 0.6) is 0 Å². The minimum Gasteiger partial charge on any atom is -0.383 e. The van der Waals surface area contributed by atoms with Gasteiger partial charge >= 0.3 is 0 Å². The van der Waals surface area contributed by atoms with Gasteiger partial charge < -0.3 is 4.74 Å². The number of para-hydroxylation sites is 1. The minimum absolute atomic E-state index is 0.104. The number of thioether (sulfide) groups is 1. The summed E-state index contributed by atoms with van der Waals surface area (Å²) in [6.07, 6.45) is 1.79. The molecule has 0 unspecified atom stereocenters. The molecule has 0 N–H and O–H groups in total. The van der Waals surface area contributed by atoms with Gasteiger partial charge in [0.1, 0.15) is 0 Å². The average molecular weight is 407 g/mol. The molecular formula is C19H16Cl2N2O2S. The topological polar surface area (TPSA) is 41.9 Å². The quantitative estimate of drug-likeness (QED) is 0.637. The molecule has 0 spiro atoms. The largest absolute Gasteiger partial charge is 0.383 e. The maximum Gasteiger partial charge on any atom is 0.266 e. The van der Waals surface area contributed by atoms with Gasteiger partial charge in [0.05, 0.1) is 33.8 Å². The molecule has 0 atom stereocenters. The number of amides is 1. The molecule has 0 saturated carbocycles. The molecule has 0 aliphatic carbocycles. The number of ether oxygens (including phenoxy) is 1. The lowest BCUT2D eigenvalue weighted by Gasteiger charge is -2.14. The summed E-state index contributed by atoms with van der Waals surface area (Å²) in [4.78, 5) is 19.6. The van der Waals surface area contributed by atoms with Gasteiger partial charge in [0, 0.05) is 7.11 Å². The number of carbonyl (C=O) groups is 1. The third-order valence-corrected chi connectivity index (χ3v) is 5.38. The number of halogens is 2. The van der Waals surface area contributed by atoms with Gasteiger partial charge in [-0.1, -0.05) is 47.5 Å². The summed E-state index contributed by atoms with van der Waals surface area (Å²) >= 11 is 13.4. The molecule has 7 heteroatoms. The van der Waals surface area contributed by atoms with E-state index in [1.807, 2.05) is 36.4 Å². The smallest absolute Gasteiger partial charge is 0.266 e. The summed E-state index contributed by atoms with van der Waals surface area (Å²) in [6.45, 7) is 0.868. The Hall–Kier alpha value is -1.79. The zero-order chi connectivity index (χ0) is 18.5. The van der Waals surface area contributed by atoms with E-state index in [-0.39, 0.29) is 5.91 Å². The maximum atomic E-state index is 12.8. The van der Waals surface area contributed by atoms with Crippen molar-refractivity contribution in [3.63, 3.8) is 0 Å². The lowest BCUT2D eigenvalue weighted by atomic mass is 10.2. The van der Waals surface area contributed by atoms with Crippen LogP contribution in [0.2, 0.25) is 10.0 Å². The van der Waals surface area contributed by atoms with Crippen LogP contribution in [0.3, 0.4) is 0 Å². The van der Waals surface area contributed by atoms with Crippen LogP contribution >= 0.6 is 35.0 Å². The van der Waals surface area contributed by atoms with Crippen LogP contribution < -0.4 is 0 Å². The summed E-state index contributed by atoms with van der Waals surface area (Å²) in [5.74, 6) is -0.104. The Bertz CT molecular complexity index is 869. The van der Waals surface area contributed by atoms with Crippen molar-refractivity contribution in [1.82, 2.24) is 4.90 Å². The Morgan fingerprint density at radius 3 is 2.62 bits per heavy atom. The fraction of sp³-hybridized carbons (Fsp3) is 0.158. The standard InChI is InChI=1S/C19H16Cl2N2O2S/c1-25-10-9-23-18(24)17(12-13-7-8-15(20)16(21)11-13)26-19(23)22-14-5-3-2-4-6-14/h2-8,11-12H,9-10H2,1H3/b17-12+,22-19?. The minimum atomic E-state index is -0.104. The second-order valence-corrected chi connectivity index (χ2v) is 7.29. The highest BCUT2D eigenvalue weighted by molar-refractivity contribution is 8.18. The molecule has 1 heterocycles. The first-order valence-corrected chi connectivity index (χ1v) is 9.45. The molecule has 1 saturated heterocycles. The predicted molar refractivity (Wildman–Crippen MR) is 109 cm³/mol. The normalized spacial score (nSPS) is 17.5. The number of amidine groups is 1. The van der Waals surface area contributed by atoms with Crippen molar-refractivity contribution >= 4 is 57.8 Å².